The van der Waals surface area contributed by atoms with E-state index in [9.17, 15) is 0 Å². The third-order valence-electron chi connectivity index (χ3n) is 4.49. The number of benzene rings is 3. The second-order valence-corrected chi connectivity index (χ2v) is 7.18. The van der Waals surface area contributed by atoms with E-state index in [1.165, 1.54) is 0 Å². The first kappa shape index (κ1) is 13.0. The zero-order valence-electron chi connectivity index (χ0n) is 17.3. The van der Waals surface area contributed by atoms with Crippen molar-refractivity contribution in [3.8, 4) is 28.2 Å². The highest BCUT2D eigenvalue weighted by molar-refractivity contribution is 7.18. The van der Waals surface area contributed by atoms with Gasteiger partial charge < -0.3 is 0 Å². The van der Waals surface area contributed by atoms with Crippen molar-refractivity contribution in [1.82, 2.24) is 14.5 Å². The van der Waals surface area contributed by atoms with Gasteiger partial charge in [0.15, 0.2) is 10.5 Å². The van der Waals surface area contributed by atoms with E-state index in [1.807, 2.05) is 65.2 Å². The molecule has 2 aromatic heterocycles. The molecule has 0 atom stereocenters. The molecular weight excluding hydrogens is 350 g/mol. The summed E-state index contributed by atoms with van der Waals surface area (Å²) in [5.41, 5.74) is 4.65. The third kappa shape index (κ3) is 2.84. The van der Waals surface area contributed by atoms with Gasteiger partial charge in [0.05, 0.1) is 5.01 Å². The number of aryl methyl sites for hydroxylation is 1. The summed E-state index contributed by atoms with van der Waals surface area (Å²) in [7, 11) is 0. The standard InChI is InChI=1S/C23H17N3S/c1-16-24-22-23(27-16)25-21(19-10-6-3-7-11-19)26(22)20-14-12-18(13-15-20)17-8-4-2-5-9-17/h2-15H,1H3/i1D3. The number of nitrogens with zero attached hydrogens (tertiary/aromatic N) is 3. The normalized spacial score (nSPS) is 13.3. The molecule has 0 aliphatic carbocycles. The minimum absolute atomic E-state index is 0.106. The SMILES string of the molecule is [2H]C([2H])([2H])c1nc2c(nc(-c3ccccc3)n2-c2ccc(-c3ccccc3)cc2)s1. The van der Waals surface area contributed by atoms with Crippen LogP contribution in [0.3, 0.4) is 0 Å². The molecule has 0 aliphatic rings. The molecule has 0 fully saturated rings. The van der Waals surface area contributed by atoms with Gasteiger partial charge in [-0.05, 0) is 30.1 Å². The average Bonchev–Trinajstić information content (AvgIpc) is 3.33. The molecule has 0 amide bonds. The Kier molecular flexibility index (Phi) is 3.13. The molecule has 27 heavy (non-hydrogen) atoms. The van der Waals surface area contributed by atoms with Crippen LogP contribution >= 0.6 is 11.3 Å². The third-order valence-corrected chi connectivity index (χ3v) is 5.24. The summed E-state index contributed by atoms with van der Waals surface area (Å²) < 4.78 is 25.0. The molecule has 0 N–H and O–H groups in total. The lowest BCUT2D eigenvalue weighted by atomic mass is 10.1. The molecule has 3 nitrogen and oxygen atoms in total. The van der Waals surface area contributed by atoms with Crippen molar-refractivity contribution in [3.05, 3.63) is 89.9 Å². The Morgan fingerprint density at radius 3 is 2.04 bits per heavy atom. The summed E-state index contributed by atoms with van der Waals surface area (Å²) in [5.74, 6) is 0.744. The quantitative estimate of drug-likeness (QED) is 0.383. The van der Waals surface area contributed by atoms with E-state index < -0.39 is 6.85 Å². The van der Waals surface area contributed by atoms with E-state index >= 15 is 0 Å². The number of aromatic nitrogens is 3. The van der Waals surface area contributed by atoms with Crippen LogP contribution in [-0.2, 0) is 0 Å². The Bertz CT molecular complexity index is 1310. The van der Waals surface area contributed by atoms with Crippen LogP contribution < -0.4 is 0 Å². The second-order valence-electron chi connectivity index (χ2n) is 6.20. The summed E-state index contributed by atoms with van der Waals surface area (Å²) in [4.78, 5) is 9.80. The van der Waals surface area contributed by atoms with Gasteiger partial charge in [0.1, 0.15) is 5.82 Å². The summed E-state index contributed by atoms with van der Waals surface area (Å²) >= 11 is 1.12. The molecule has 130 valence electrons. The van der Waals surface area contributed by atoms with Crippen molar-refractivity contribution in [3.63, 3.8) is 0 Å². The minimum atomic E-state index is -2.25. The Hall–Kier alpha value is -3.24. The predicted octanol–water partition coefficient (Wildman–Crippen LogP) is 6.12. The topological polar surface area (TPSA) is 30.7 Å². The van der Waals surface area contributed by atoms with Gasteiger partial charge in [-0.15, -0.1) is 0 Å². The monoisotopic (exact) mass is 370 g/mol. The molecule has 0 spiro atoms. The van der Waals surface area contributed by atoms with Crippen LogP contribution in [-0.4, -0.2) is 14.5 Å². The average molecular weight is 370 g/mol. The zero-order valence-corrected chi connectivity index (χ0v) is 15.1. The van der Waals surface area contributed by atoms with Gasteiger partial charge in [-0.25, -0.2) is 9.97 Å². The number of fused-ring (bicyclic) bond motifs is 1. The van der Waals surface area contributed by atoms with E-state index in [0.29, 0.717) is 10.5 Å². The summed E-state index contributed by atoms with van der Waals surface area (Å²) in [5, 5.41) is 0.106. The molecule has 0 saturated carbocycles. The Morgan fingerprint density at radius 1 is 0.741 bits per heavy atom. The zero-order chi connectivity index (χ0) is 20.7. The lowest BCUT2D eigenvalue weighted by molar-refractivity contribution is 1.07. The van der Waals surface area contributed by atoms with Crippen molar-refractivity contribution in [2.75, 3.05) is 0 Å². The van der Waals surface area contributed by atoms with Crippen LogP contribution in [0.2, 0.25) is 0 Å². The first-order valence-electron chi connectivity index (χ1n) is 10.1. The molecule has 0 unspecified atom stereocenters. The van der Waals surface area contributed by atoms with Crippen molar-refractivity contribution in [2.24, 2.45) is 0 Å². The molecule has 5 rings (SSSR count). The van der Waals surface area contributed by atoms with Crippen LogP contribution in [0.1, 0.15) is 9.12 Å². The maximum absolute atomic E-state index is 7.70. The van der Waals surface area contributed by atoms with E-state index in [4.69, 9.17) is 9.10 Å². The smallest absolute Gasteiger partial charge is 0.176 e. The van der Waals surface area contributed by atoms with Gasteiger partial charge in [0.25, 0.3) is 0 Å². The van der Waals surface area contributed by atoms with Gasteiger partial charge in [-0.1, -0.05) is 84.1 Å². The van der Waals surface area contributed by atoms with E-state index in [-0.39, 0.29) is 5.01 Å². The minimum Gasteiger partial charge on any atom is -0.276 e. The van der Waals surface area contributed by atoms with E-state index in [2.05, 4.69) is 29.2 Å². The van der Waals surface area contributed by atoms with Crippen LogP contribution in [0.5, 0.6) is 0 Å². The van der Waals surface area contributed by atoms with Crippen LogP contribution in [0.15, 0.2) is 84.9 Å². The molecule has 5 aromatic rings. The Labute approximate surface area is 165 Å². The van der Waals surface area contributed by atoms with E-state index in [1.54, 1.807) is 0 Å². The Balaban J connectivity index is 1.68. The first-order valence-corrected chi connectivity index (χ1v) is 9.43. The van der Waals surface area contributed by atoms with Crippen LogP contribution in [0.4, 0.5) is 0 Å². The molecule has 3 aromatic carbocycles. The summed E-state index contributed by atoms with van der Waals surface area (Å²) in [6, 6.07) is 28.2. The fourth-order valence-electron chi connectivity index (χ4n) is 3.23. The molecule has 2 heterocycles. The number of imidazole rings is 1. The van der Waals surface area contributed by atoms with Crippen LogP contribution in [0, 0.1) is 6.85 Å². The largest absolute Gasteiger partial charge is 0.276 e. The first-order chi connectivity index (χ1) is 14.5. The summed E-state index contributed by atoms with van der Waals surface area (Å²) in [6.07, 6.45) is 0. The highest BCUT2D eigenvalue weighted by Crippen LogP contribution is 2.32. The van der Waals surface area contributed by atoms with Gasteiger partial charge in [-0.3, -0.25) is 4.57 Å². The van der Waals surface area contributed by atoms with Gasteiger partial charge >= 0.3 is 0 Å². The lowest BCUT2D eigenvalue weighted by Crippen LogP contribution is -1.98. The molecule has 4 heteroatoms. The number of hydrogen-bond donors (Lipinski definition) is 0. The lowest BCUT2D eigenvalue weighted by Gasteiger charge is -2.10. The van der Waals surface area contributed by atoms with Crippen molar-refractivity contribution < 1.29 is 4.11 Å². The number of thiazole rings is 1. The maximum atomic E-state index is 7.70. The number of rotatable bonds is 3. The van der Waals surface area contributed by atoms with Crippen LogP contribution in [0.25, 0.3) is 38.7 Å². The van der Waals surface area contributed by atoms with Gasteiger partial charge in [0, 0.05) is 15.4 Å². The maximum Gasteiger partial charge on any atom is 0.176 e. The second kappa shape index (κ2) is 6.49. The number of hydrogen-bond acceptors (Lipinski definition) is 3. The summed E-state index contributed by atoms with van der Waals surface area (Å²) in [6.45, 7) is -2.25. The van der Waals surface area contributed by atoms with Crippen molar-refractivity contribution >= 4 is 21.8 Å². The molecular formula is C23H17N3S. The Morgan fingerprint density at radius 2 is 1.37 bits per heavy atom. The molecule has 0 radical (unpaired) electrons. The van der Waals surface area contributed by atoms with Gasteiger partial charge in [0.2, 0.25) is 0 Å². The molecule has 0 aliphatic heterocycles. The highest BCUT2D eigenvalue weighted by atomic mass is 32.1. The highest BCUT2D eigenvalue weighted by Gasteiger charge is 2.17. The predicted molar refractivity (Wildman–Crippen MR) is 112 cm³/mol. The molecule has 0 bridgehead atoms. The van der Waals surface area contributed by atoms with Crippen molar-refractivity contribution in [2.45, 2.75) is 6.85 Å². The molecule has 0 saturated heterocycles. The van der Waals surface area contributed by atoms with E-state index in [0.717, 1.165) is 39.5 Å². The fourth-order valence-corrected chi connectivity index (χ4v) is 3.90. The van der Waals surface area contributed by atoms with Gasteiger partial charge in [-0.2, -0.15) is 0 Å². The van der Waals surface area contributed by atoms with Crippen molar-refractivity contribution in [1.29, 1.82) is 0 Å². The fraction of sp³-hybridized carbons (Fsp3) is 0.0435.